The molecule has 32 heavy (non-hydrogen) atoms. The van der Waals surface area contributed by atoms with Crippen molar-refractivity contribution in [3.63, 3.8) is 0 Å². The summed E-state index contributed by atoms with van der Waals surface area (Å²) in [6.07, 6.45) is 0.386. The largest absolute Gasteiger partial charge is 0.325 e. The highest BCUT2D eigenvalue weighted by atomic mass is 35.5. The second kappa shape index (κ2) is 8.28. The number of halogens is 1. The maximum absolute atomic E-state index is 13.3. The Morgan fingerprint density at radius 1 is 1.03 bits per heavy atom. The Labute approximate surface area is 191 Å². The Bertz CT molecular complexity index is 1200. The first kappa shape index (κ1) is 21.8. The standard InChI is InChI=1S/C25H24ClN3O3/c1-4-25(18-8-6-5-7-9-18)23(31)28(24(32)27-25)15-22(30)21-14-16(2)29(17(21)3)20-12-10-19(26)11-13-20/h5-14H,4,15H2,1-3H3,(H,27,32). The van der Waals surface area contributed by atoms with E-state index in [1.54, 1.807) is 18.2 Å². The molecule has 1 saturated heterocycles. The van der Waals surface area contributed by atoms with E-state index in [0.29, 0.717) is 22.6 Å². The molecule has 3 aromatic rings. The van der Waals surface area contributed by atoms with Gasteiger partial charge in [-0.1, -0.05) is 48.9 Å². The molecule has 6 nitrogen and oxygen atoms in total. The number of hydrogen-bond acceptors (Lipinski definition) is 3. The molecule has 1 fully saturated rings. The fourth-order valence-electron chi connectivity index (χ4n) is 4.39. The van der Waals surface area contributed by atoms with Crippen LogP contribution in [0.15, 0.2) is 60.7 Å². The molecule has 7 heteroatoms. The lowest BCUT2D eigenvalue weighted by Crippen LogP contribution is -2.43. The smallest absolute Gasteiger partial charge is 0.319 e. The van der Waals surface area contributed by atoms with Crippen LogP contribution in [0.2, 0.25) is 5.02 Å². The number of nitrogens with one attached hydrogen (secondary N) is 1. The molecule has 2 heterocycles. The summed E-state index contributed by atoms with van der Waals surface area (Å²) in [5, 5.41) is 3.45. The lowest BCUT2D eigenvalue weighted by Gasteiger charge is -2.25. The normalized spacial score (nSPS) is 18.2. The average molecular weight is 450 g/mol. The van der Waals surface area contributed by atoms with Crippen LogP contribution < -0.4 is 5.32 Å². The zero-order valence-corrected chi connectivity index (χ0v) is 18.9. The lowest BCUT2D eigenvalue weighted by atomic mass is 9.87. The Kier molecular flexibility index (Phi) is 5.65. The Hall–Kier alpha value is -3.38. The molecule has 0 spiro atoms. The molecule has 0 radical (unpaired) electrons. The van der Waals surface area contributed by atoms with Gasteiger partial charge in [0.25, 0.3) is 5.91 Å². The number of imide groups is 1. The Morgan fingerprint density at radius 3 is 2.31 bits per heavy atom. The topological polar surface area (TPSA) is 71.4 Å². The number of carbonyl (C=O) groups excluding carboxylic acids is 3. The van der Waals surface area contributed by atoms with Gasteiger partial charge in [-0.15, -0.1) is 0 Å². The minimum Gasteiger partial charge on any atom is -0.319 e. The molecule has 4 rings (SSSR count). The number of aromatic nitrogens is 1. The second-order valence-corrected chi connectivity index (χ2v) is 8.40. The van der Waals surface area contributed by atoms with Gasteiger partial charge >= 0.3 is 6.03 Å². The van der Waals surface area contributed by atoms with Gasteiger partial charge in [-0.25, -0.2) is 4.79 Å². The van der Waals surface area contributed by atoms with Crippen LogP contribution in [0.25, 0.3) is 5.69 Å². The van der Waals surface area contributed by atoms with Gasteiger partial charge in [0.2, 0.25) is 0 Å². The summed E-state index contributed by atoms with van der Waals surface area (Å²) in [4.78, 5) is 40.3. The molecule has 0 bridgehead atoms. The fourth-order valence-corrected chi connectivity index (χ4v) is 4.52. The number of Topliss-reactive ketones (excluding diaryl/α,β-unsaturated/α-hetero) is 1. The van der Waals surface area contributed by atoms with Crippen LogP contribution in [-0.2, 0) is 10.3 Å². The van der Waals surface area contributed by atoms with Crippen molar-refractivity contribution in [1.29, 1.82) is 0 Å². The summed E-state index contributed by atoms with van der Waals surface area (Å²) in [6.45, 7) is 5.28. The van der Waals surface area contributed by atoms with E-state index in [9.17, 15) is 14.4 Å². The van der Waals surface area contributed by atoms with Gasteiger partial charge in [0.15, 0.2) is 5.78 Å². The number of aryl methyl sites for hydroxylation is 1. The van der Waals surface area contributed by atoms with Gasteiger partial charge in [0.1, 0.15) is 5.54 Å². The zero-order chi connectivity index (χ0) is 23.0. The summed E-state index contributed by atoms with van der Waals surface area (Å²) in [7, 11) is 0. The van der Waals surface area contributed by atoms with Crippen LogP contribution in [0.5, 0.6) is 0 Å². The highest BCUT2D eigenvalue weighted by Crippen LogP contribution is 2.32. The number of urea groups is 1. The highest BCUT2D eigenvalue weighted by Gasteiger charge is 2.51. The quantitative estimate of drug-likeness (QED) is 0.434. The summed E-state index contributed by atoms with van der Waals surface area (Å²) >= 11 is 6.00. The van der Waals surface area contributed by atoms with Crippen molar-refractivity contribution in [3.05, 3.63) is 88.2 Å². The molecule has 1 unspecified atom stereocenters. The van der Waals surface area contributed by atoms with Gasteiger partial charge < -0.3 is 9.88 Å². The van der Waals surface area contributed by atoms with Crippen molar-refractivity contribution in [3.8, 4) is 5.69 Å². The van der Waals surface area contributed by atoms with Crippen molar-refractivity contribution in [2.75, 3.05) is 6.54 Å². The molecule has 1 aliphatic heterocycles. The van der Waals surface area contributed by atoms with E-state index < -0.39 is 17.5 Å². The fraction of sp³-hybridized carbons (Fsp3) is 0.240. The minimum atomic E-state index is -1.15. The molecule has 0 aliphatic carbocycles. The third kappa shape index (κ3) is 3.50. The number of ketones is 1. The minimum absolute atomic E-state index is 0.290. The van der Waals surface area contributed by atoms with Gasteiger partial charge in [0, 0.05) is 27.7 Å². The first-order chi connectivity index (χ1) is 15.3. The van der Waals surface area contributed by atoms with Gasteiger partial charge in [-0.3, -0.25) is 14.5 Å². The lowest BCUT2D eigenvalue weighted by molar-refractivity contribution is -0.131. The first-order valence-corrected chi connectivity index (χ1v) is 10.8. The summed E-state index contributed by atoms with van der Waals surface area (Å²) in [5.74, 6) is -0.696. The number of rotatable bonds is 6. The van der Waals surface area contributed by atoms with Crippen LogP contribution in [0.1, 0.15) is 40.7 Å². The molecule has 1 atom stereocenters. The molecule has 2 aromatic carbocycles. The van der Waals surface area contributed by atoms with E-state index in [4.69, 9.17) is 11.6 Å². The maximum atomic E-state index is 13.3. The van der Waals surface area contributed by atoms with E-state index in [-0.39, 0.29) is 12.3 Å². The Balaban J connectivity index is 1.62. The van der Waals surface area contributed by atoms with Crippen LogP contribution in [0.4, 0.5) is 4.79 Å². The van der Waals surface area contributed by atoms with Crippen LogP contribution in [0, 0.1) is 13.8 Å². The van der Waals surface area contributed by atoms with Crippen LogP contribution in [0.3, 0.4) is 0 Å². The van der Waals surface area contributed by atoms with Crippen molar-refractivity contribution >= 4 is 29.3 Å². The number of hydrogen-bond donors (Lipinski definition) is 1. The molecular weight excluding hydrogens is 426 g/mol. The van der Waals surface area contributed by atoms with E-state index >= 15 is 0 Å². The van der Waals surface area contributed by atoms with Gasteiger partial charge in [0.05, 0.1) is 6.54 Å². The molecule has 1 aliphatic rings. The molecular formula is C25H24ClN3O3. The predicted octanol–water partition coefficient (Wildman–Crippen LogP) is 4.79. The predicted molar refractivity (Wildman–Crippen MR) is 123 cm³/mol. The number of carbonyl (C=O) groups is 3. The number of nitrogens with zero attached hydrogens (tertiary/aromatic N) is 2. The third-order valence-corrected chi connectivity index (χ3v) is 6.34. The van der Waals surface area contributed by atoms with E-state index in [2.05, 4.69) is 5.32 Å². The maximum Gasteiger partial charge on any atom is 0.325 e. The van der Waals surface area contributed by atoms with Crippen molar-refractivity contribution in [2.45, 2.75) is 32.7 Å². The molecule has 0 saturated carbocycles. The van der Waals surface area contributed by atoms with E-state index in [1.165, 1.54) is 0 Å². The monoisotopic (exact) mass is 449 g/mol. The number of amides is 3. The zero-order valence-electron chi connectivity index (χ0n) is 18.2. The van der Waals surface area contributed by atoms with Crippen LogP contribution >= 0.6 is 11.6 Å². The Morgan fingerprint density at radius 2 is 1.69 bits per heavy atom. The third-order valence-electron chi connectivity index (χ3n) is 6.09. The molecule has 3 amide bonds. The van der Waals surface area contributed by atoms with Gasteiger partial charge in [-0.2, -0.15) is 0 Å². The van der Waals surface area contributed by atoms with Crippen molar-refractivity contribution in [1.82, 2.24) is 14.8 Å². The summed E-state index contributed by atoms with van der Waals surface area (Å²) in [5.41, 5.74) is 2.53. The van der Waals surface area contributed by atoms with Crippen molar-refractivity contribution in [2.24, 2.45) is 0 Å². The molecule has 1 N–H and O–H groups in total. The summed E-state index contributed by atoms with van der Waals surface area (Å²) in [6, 6.07) is 17.7. The SMILES string of the molecule is CCC1(c2ccccc2)NC(=O)N(CC(=O)c2cc(C)n(-c3ccc(Cl)cc3)c2C)C1=O. The van der Waals surface area contributed by atoms with E-state index in [0.717, 1.165) is 22.0 Å². The van der Waals surface area contributed by atoms with E-state index in [1.807, 2.05) is 67.8 Å². The van der Waals surface area contributed by atoms with Crippen LogP contribution in [-0.4, -0.2) is 33.7 Å². The average Bonchev–Trinajstić information content (AvgIpc) is 3.23. The second-order valence-electron chi connectivity index (χ2n) is 7.97. The highest BCUT2D eigenvalue weighted by molar-refractivity contribution is 6.30. The molecule has 1 aromatic heterocycles. The molecule has 164 valence electrons. The van der Waals surface area contributed by atoms with Gasteiger partial charge in [-0.05, 0) is 56.2 Å². The summed E-state index contributed by atoms with van der Waals surface area (Å²) < 4.78 is 1.95. The number of benzene rings is 2. The first-order valence-electron chi connectivity index (χ1n) is 10.5. The van der Waals surface area contributed by atoms with Crippen molar-refractivity contribution < 1.29 is 14.4 Å².